The highest BCUT2D eigenvalue weighted by Crippen LogP contribution is 2.30. The van der Waals surface area contributed by atoms with E-state index in [9.17, 15) is 9.90 Å². The van der Waals surface area contributed by atoms with Gasteiger partial charge in [0, 0.05) is 24.0 Å². The van der Waals surface area contributed by atoms with Crippen molar-refractivity contribution in [3.63, 3.8) is 0 Å². The summed E-state index contributed by atoms with van der Waals surface area (Å²) in [6, 6.07) is 5.40. The Labute approximate surface area is 116 Å². The number of hydrogen-bond acceptors (Lipinski definition) is 5. The maximum Gasteiger partial charge on any atom is 0.267 e. The second kappa shape index (κ2) is 5.85. The number of hydrogen-bond donors (Lipinski definition) is 4. The number of nitrogens with two attached hydrogens (primary N) is 1. The molecule has 0 radical (unpaired) electrons. The number of aromatic nitrogens is 1. The summed E-state index contributed by atoms with van der Waals surface area (Å²) in [4.78, 5) is 15.7. The molecule has 0 fully saturated rings. The smallest absolute Gasteiger partial charge is 0.267 e. The van der Waals surface area contributed by atoms with Crippen LogP contribution in [0.3, 0.4) is 0 Å². The van der Waals surface area contributed by atoms with Crippen LogP contribution in [0.4, 0.5) is 0 Å². The molecule has 6 heteroatoms. The van der Waals surface area contributed by atoms with E-state index in [1.807, 2.05) is 13.0 Å². The summed E-state index contributed by atoms with van der Waals surface area (Å²) in [7, 11) is 0. The molecule has 5 N–H and O–H groups in total. The van der Waals surface area contributed by atoms with Crippen molar-refractivity contribution in [1.29, 1.82) is 0 Å². The zero-order chi connectivity index (χ0) is 14.7. The van der Waals surface area contributed by atoms with Crippen LogP contribution in [0.5, 0.6) is 5.75 Å². The van der Waals surface area contributed by atoms with E-state index in [0.717, 1.165) is 5.56 Å². The summed E-state index contributed by atoms with van der Waals surface area (Å²) in [6.45, 7) is 2.43. The third-order valence-electron chi connectivity index (χ3n) is 3.04. The first-order valence-corrected chi connectivity index (χ1v) is 6.28. The standard InChI is InChI=1S/C14H17N3O3/c1-8-2-3-9-11(6-8)17-12(14(15)20)10(13(9)19)7-16-4-5-18/h2-3,6,16,18H,4-5,7H2,1H3,(H2,15,20)(H,17,19). The van der Waals surface area contributed by atoms with E-state index in [1.54, 1.807) is 12.1 Å². The van der Waals surface area contributed by atoms with Gasteiger partial charge in [0.15, 0.2) is 0 Å². The molecule has 6 nitrogen and oxygen atoms in total. The molecule has 0 aliphatic heterocycles. The lowest BCUT2D eigenvalue weighted by molar-refractivity contribution is 0.0994. The number of aliphatic hydroxyl groups is 1. The molecule has 0 atom stereocenters. The fourth-order valence-electron chi connectivity index (χ4n) is 2.06. The Morgan fingerprint density at radius 3 is 2.85 bits per heavy atom. The first-order chi connectivity index (χ1) is 9.54. The Bertz CT molecular complexity index is 656. The van der Waals surface area contributed by atoms with E-state index in [1.165, 1.54) is 0 Å². The number of rotatable bonds is 5. The van der Waals surface area contributed by atoms with Crippen LogP contribution >= 0.6 is 0 Å². The second-order valence-electron chi connectivity index (χ2n) is 4.57. The van der Waals surface area contributed by atoms with Gasteiger partial charge in [-0.3, -0.25) is 4.79 Å². The van der Waals surface area contributed by atoms with Crippen molar-refractivity contribution in [2.24, 2.45) is 5.73 Å². The van der Waals surface area contributed by atoms with Crippen molar-refractivity contribution in [3.8, 4) is 5.75 Å². The lowest BCUT2D eigenvalue weighted by atomic mass is 10.0. The van der Waals surface area contributed by atoms with Crippen molar-refractivity contribution < 1.29 is 15.0 Å². The summed E-state index contributed by atoms with van der Waals surface area (Å²) < 4.78 is 0. The van der Waals surface area contributed by atoms with Crippen molar-refractivity contribution >= 4 is 16.8 Å². The Kier molecular flexibility index (Phi) is 4.16. The quantitative estimate of drug-likeness (QED) is 0.592. The molecule has 0 bridgehead atoms. The van der Waals surface area contributed by atoms with E-state index in [2.05, 4.69) is 10.3 Å². The maximum absolute atomic E-state index is 11.5. The summed E-state index contributed by atoms with van der Waals surface area (Å²) in [5.74, 6) is -0.696. The third kappa shape index (κ3) is 2.71. The number of carbonyl (C=O) groups is 1. The highest BCUT2D eigenvalue weighted by Gasteiger charge is 2.17. The van der Waals surface area contributed by atoms with Gasteiger partial charge < -0.3 is 21.3 Å². The lowest BCUT2D eigenvalue weighted by Crippen LogP contribution is -2.22. The maximum atomic E-state index is 11.5. The Morgan fingerprint density at radius 1 is 1.45 bits per heavy atom. The summed E-state index contributed by atoms with van der Waals surface area (Å²) in [5.41, 5.74) is 7.23. The number of aliphatic hydroxyl groups excluding tert-OH is 1. The molecule has 1 heterocycles. The number of aryl methyl sites for hydroxylation is 1. The highest BCUT2D eigenvalue weighted by atomic mass is 16.3. The number of fused-ring (bicyclic) bond motifs is 1. The molecule has 106 valence electrons. The van der Waals surface area contributed by atoms with Crippen LogP contribution in [-0.4, -0.2) is 34.3 Å². The lowest BCUT2D eigenvalue weighted by Gasteiger charge is -2.12. The molecule has 2 rings (SSSR count). The van der Waals surface area contributed by atoms with Gasteiger partial charge in [-0.25, -0.2) is 4.98 Å². The number of primary amides is 1. The molecule has 0 unspecified atom stereocenters. The number of aromatic hydroxyl groups is 1. The molecular weight excluding hydrogens is 258 g/mol. The van der Waals surface area contributed by atoms with Crippen LogP contribution in [0.2, 0.25) is 0 Å². The van der Waals surface area contributed by atoms with Crippen molar-refractivity contribution in [3.05, 3.63) is 35.0 Å². The molecule has 1 amide bonds. The number of benzene rings is 1. The van der Waals surface area contributed by atoms with E-state index >= 15 is 0 Å². The van der Waals surface area contributed by atoms with Gasteiger partial charge in [-0.05, 0) is 24.6 Å². The van der Waals surface area contributed by atoms with Gasteiger partial charge in [0.25, 0.3) is 5.91 Å². The fourth-order valence-corrected chi connectivity index (χ4v) is 2.06. The predicted molar refractivity (Wildman–Crippen MR) is 75.5 cm³/mol. The van der Waals surface area contributed by atoms with Crippen LogP contribution in [0.15, 0.2) is 18.2 Å². The predicted octanol–water partition coefficient (Wildman–Crippen LogP) is 0.430. The van der Waals surface area contributed by atoms with Crippen LogP contribution in [0.1, 0.15) is 21.6 Å². The molecule has 0 saturated heterocycles. The fraction of sp³-hybridized carbons (Fsp3) is 0.286. The summed E-state index contributed by atoms with van der Waals surface area (Å²) in [6.07, 6.45) is 0. The minimum Gasteiger partial charge on any atom is -0.507 e. The highest BCUT2D eigenvalue weighted by molar-refractivity contribution is 5.98. The topological polar surface area (TPSA) is 108 Å². The third-order valence-corrected chi connectivity index (χ3v) is 3.04. The molecule has 1 aromatic heterocycles. The minimum absolute atomic E-state index is 0.00533. The molecule has 2 aromatic rings. The molecule has 0 saturated carbocycles. The Balaban J connectivity index is 2.58. The Hall–Kier alpha value is -2.18. The van der Waals surface area contributed by atoms with Crippen LogP contribution < -0.4 is 11.1 Å². The van der Waals surface area contributed by atoms with Crippen molar-refractivity contribution in [2.45, 2.75) is 13.5 Å². The zero-order valence-corrected chi connectivity index (χ0v) is 11.2. The van der Waals surface area contributed by atoms with Gasteiger partial charge in [-0.2, -0.15) is 0 Å². The van der Waals surface area contributed by atoms with Gasteiger partial charge in [-0.1, -0.05) is 6.07 Å². The monoisotopic (exact) mass is 275 g/mol. The average molecular weight is 275 g/mol. The molecule has 20 heavy (non-hydrogen) atoms. The first-order valence-electron chi connectivity index (χ1n) is 6.28. The van der Waals surface area contributed by atoms with Gasteiger partial charge >= 0.3 is 0 Å². The number of carbonyl (C=O) groups excluding carboxylic acids is 1. The van der Waals surface area contributed by atoms with Crippen LogP contribution in [-0.2, 0) is 6.54 Å². The van der Waals surface area contributed by atoms with Gasteiger partial charge in [0.05, 0.1) is 12.1 Å². The molecular formula is C14H17N3O3. The molecule has 1 aromatic carbocycles. The minimum atomic E-state index is -0.690. The normalized spacial score (nSPS) is 10.9. The second-order valence-corrected chi connectivity index (χ2v) is 4.57. The Morgan fingerprint density at radius 2 is 2.20 bits per heavy atom. The average Bonchev–Trinajstić information content (AvgIpc) is 2.40. The molecule has 0 aliphatic carbocycles. The van der Waals surface area contributed by atoms with E-state index in [0.29, 0.717) is 23.0 Å². The number of nitrogens with one attached hydrogen (secondary N) is 1. The zero-order valence-electron chi connectivity index (χ0n) is 11.2. The van der Waals surface area contributed by atoms with Crippen molar-refractivity contribution in [1.82, 2.24) is 10.3 Å². The van der Waals surface area contributed by atoms with Crippen LogP contribution in [0.25, 0.3) is 10.9 Å². The van der Waals surface area contributed by atoms with E-state index in [-0.39, 0.29) is 24.6 Å². The van der Waals surface area contributed by atoms with Crippen LogP contribution in [0, 0.1) is 6.92 Å². The molecule has 0 spiro atoms. The number of pyridine rings is 1. The molecule has 0 aliphatic rings. The van der Waals surface area contributed by atoms with Gasteiger partial charge in [0.2, 0.25) is 0 Å². The first kappa shape index (κ1) is 14.2. The van der Waals surface area contributed by atoms with E-state index in [4.69, 9.17) is 10.8 Å². The van der Waals surface area contributed by atoms with Crippen molar-refractivity contribution in [2.75, 3.05) is 13.2 Å². The summed E-state index contributed by atoms with van der Waals surface area (Å²) in [5, 5.41) is 22.6. The summed E-state index contributed by atoms with van der Waals surface area (Å²) >= 11 is 0. The SMILES string of the molecule is Cc1ccc2c(O)c(CNCCO)c(C(N)=O)nc2c1. The van der Waals surface area contributed by atoms with Gasteiger partial charge in [0.1, 0.15) is 11.4 Å². The number of amides is 1. The largest absolute Gasteiger partial charge is 0.507 e. The number of nitrogens with zero attached hydrogens (tertiary/aromatic N) is 1. The van der Waals surface area contributed by atoms with E-state index < -0.39 is 5.91 Å². The van der Waals surface area contributed by atoms with Gasteiger partial charge in [-0.15, -0.1) is 0 Å².